The second kappa shape index (κ2) is 94.2. The molecular weight excluding hydrogens is 1090 g/mol. The number of hydrogen-bond acceptors (Lipinski definition) is 9. The zero-order valence-electron chi connectivity index (χ0n) is 66.8. The van der Waals surface area contributed by atoms with Crippen molar-refractivity contribution in [3.8, 4) is 0 Å². The molecule has 9 aliphatic rings. The standard InChI is InChI=1S/C8H15N.C8H13N.3C7H15N.2C7H13N.C5H9NO.C5H11N.9C2H6/c2*1-8-6-4-3-5-7-9(8)2;5*1-8-6-4-2-3-5-7-8;1-6-4-2-3-5(6)7;1-6-4-2-3-5-6;9*1-2/h1,3-7H2,2H3;3,5H,1,4,6-7H2,2H3;3*2-7H2,1H3;2,4H,3,5-7H2,1H3;2-3H,4-7H2,1H3;2-4H2,1H3;2-5H2,1H3;9*1-2H3. The topological polar surface area (TPSA) is 46.2 Å². The van der Waals surface area contributed by atoms with E-state index < -0.39 is 0 Å². The van der Waals surface area contributed by atoms with Gasteiger partial charge in [-0.2, -0.15) is 0 Å². The molecule has 0 aromatic heterocycles. The summed E-state index contributed by atoms with van der Waals surface area (Å²) in [6.45, 7) is 62.5. The quantitative estimate of drug-likeness (QED) is 0.221. The number of likely N-dealkylation sites (N-methyl/N-ethyl adjacent to an activating group) is 2. The van der Waals surface area contributed by atoms with Gasteiger partial charge in [0.05, 0.1) is 0 Å². The van der Waals surface area contributed by atoms with Crippen molar-refractivity contribution in [3.05, 3.63) is 61.0 Å². The molecule has 9 aliphatic heterocycles. The van der Waals surface area contributed by atoms with Crippen LogP contribution in [-0.2, 0) is 4.79 Å². The van der Waals surface area contributed by atoms with Gasteiger partial charge in [-0.05, 0) is 217 Å². The Kier molecular flexibility index (Phi) is 112. The van der Waals surface area contributed by atoms with Crippen LogP contribution in [-0.4, -0.2) is 212 Å². The van der Waals surface area contributed by atoms with E-state index in [2.05, 4.69) is 145 Å². The Morgan fingerprint density at radius 3 is 0.854 bits per heavy atom. The average molecular weight is 1270 g/mol. The molecule has 0 aromatic carbocycles. The normalized spacial score (nSPS) is 19.2. The minimum absolute atomic E-state index is 0.292. The van der Waals surface area contributed by atoms with E-state index in [4.69, 9.17) is 0 Å². The predicted molar refractivity (Wildman–Crippen MR) is 416 cm³/mol. The number of rotatable bonds is 0. The number of likely N-dealkylation sites (tertiary alicyclic amines) is 6. The fraction of sp³-hybridized carbons (Fsp3) is 0.861. The van der Waals surface area contributed by atoms with Crippen molar-refractivity contribution in [2.75, 3.05) is 162 Å². The van der Waals surface area contributed by atoms with Gasteiger partial charge < -0.3 is 44.1 Å². The van der Waals surface area contributed by atoms with Crippen molar-refractivity contribution in [3.63, 3.8) is 0 Å². The Labute approximate surface area is 566 Å². The number of amides is 1. The third-order valence-electron chi connectivity index (χ3n) is 14.8. The highest BCUT2D eigenvalue weighted by molar-refractivity contribution is 5.77. The third-order valence-corrected chi connectivity index (χ3v) is 14.8. The SMILES string of the molecule is C=C1CCC=CCN1C.C=C1CCCCCN1C.CC.CC.CC.CC.CC.CC.CC.CC.CC.CN1CC=CCCC1.CN1CCC=CCC1.CN1CCCC1.CN1CCCC1=O.CN1CCCCCC1.CN1CCCCCC1.CN1CCCCCC1. The van der Waals surface area contributed by atoms with E-state index in [9.17, 15) is 4.79 Å². The zero-order valence-corrected chi connectivity index (χ0v) is 66.8. The minimum Gasteiger partial charge on any atom is -0.378 e. The first-order valence-electron chi connectivity index (χ1n) is 38.4. The van der Waals surface area contributed by atoms with Crippen LogP contribution in [0.15, 0.2) is 61.0 Å². The Morgan fingerprint density at radius 2 is 0.517 bits per heavy atom. The molecule has 0 atom stereocenters. The highest BCUT2D eigenvalue weighted by atomic mass is 16.2. The Bertz CT molecular complexity index is 1290. The van der Waals surface area contributed by atoms with Crippen LogP contribution >= 0.6 is 0 Å². The molecule has 6 fully saturated rings. The van der Waals surface area contributed by atoms with Crippen molar-refractivity contribution in [2.24, 2.45) is 0 Å². The van der Waals surface area contributed by atoms with E-state index in [-0.39, 0.29) is 0 Å². The molecule has 9 heterocycles. The number of nitrogens with zero attached hydrogens (tertiary/aromatic N) is 9. The van der Waals surface area contributed by atoms with Gasteiger partial charge >= 0.3 is 0 Å². The van der Waals surface area contributed by atoms with E-state index in [1.807, 2.05) is 132 Å². The monoisotopic (exact) mass is 1260 g/mol. The summed E-state index contributed by atoms with van der Waals surface area (Å²) in [5.74, 6) is 0.292. The van der Waals surface area contributed by atoms with Gasteiger partial charge in [0.2, 0.25) is 5.91 Å². The van der Waals surface area contributed by atoms with Crippen LogP contribution < -0.4 is 0 Å². The second-order valence-electron chi connectivity index (χ2n) is 22.1. The van der Waals surface area contributed by atoms with Crippen LogP contribution in [0.5, 0.6) is 0 Å². The summed E-state index contributed by atoms with van der Waals surface area (Å²) >= 11 is 0. The summed E-state index contributed by atoms with van der Waals surface area (Å²) in [6.07, 6.45) is 47.9. The van der Waals surface area contributed by atoms with Crippen molar-refractivity contribution in [1.82, 2.24) is 44.1 Å². The summed E-state index contributed by atoms with van der Waals surface area (Å²) in [6, 6.07) is 0. The molecule has 0 N–H and O–H groups in total. The van der Waals surface area contributed by atoms with Crippen LogP contribution in [0.4, 0.5) is 0 Å². The lowest BCUT2D eigenvalue weighted by Gasteiger charge is -2.17. The van der Waals surface area contributed by atoms with Crippen LogP contribution in [0.1, 0.15) is 292 Å². The largest absolute Gasteiger partial charge is 0.378 e. The average Bonchev–Trinajstić information content (AvgIpc) is 4.09. The van der Waals surface area contributed by atoms with Crippen LogP contribution in [0, 0.1) is 0 Å². The molecule has 0 aliphatic carbocycles. The summed E-state index contributed by atoms with van der Waals surface area (Å²) in [4.78, 5) is 31.0. The van der Waals surface area contributed by atoms with E-state index >= 15 is 0 Å². The van der Waals surface area contributed by atoms with Crippen molar-refractivity contribution >= 4 is 5.91 Å². The highest BCUT2D eigenvalue weighted by Gasteiger charge is 2.14. The molecule has 6 saturated heterocycles. The Balaban J connectivity index is -0.000000112. The van der Waals surface area contributed by atoms with E-state index in [0.29, 0.717) is 5.91 Å². The maximum absolute atomic E-state index is 10.5. The first-order valence-corrected chi connectivity index (χ1v) is 38.4. The molecule has 10 nitrogen and oxygen atoms in total. The maximum atomic E-state index is 10.5. The van der Waals surface area contributed by atoms with Crippen LogP contribution in [0.3, 0.4) is 0 Å². The highest BCUT2D eigenvalue weighted by Crippen LogP contribution is 2.16. The van der Waals surface area contributed by atoms with Gasteiger partial charge in [0, 0.05) is 78.2 Å². The molecule has 0 aromatic rings. The van der Waals surface area contributed by atoms with Gasteiger partial charge in [0.1, 0.15) is 0 Å². The first kappa shape index (κ1) is 105. The third kappa shape index (κ3) is 85.5. The smallest absolute Gasteiger partial charge is 0.222 e. The fourth-order valence-electron chi connectivity index (χ4n) is 9.35. The number of carbonyl (C=O) groups is 1. The molecular formula is C79H173N9O. The number of allylic oxidation sites excluding steroid dienone is 4. The summed E-state index contributed by atoms with van der Waals surface area (Å²) < 4.78 is 0. The molecule has 89 heavy (non-hydrogen) atoms. The molecule has 9 rings (SSSR count). The lowest BCUT2D eigenvalue weighted by Crippen LogP contribution is -2.18. The Morgan fingerprint density at radius 1 is 0.236 bits per heavy atom. The van der Waals surface area contributed by atoms with Gasteiger partial charge in [-0.25, -0.2) is 0 Å². The van der Waals surface area contributed by atoms with Crippen molar-refractivity contribution in [1.29, 1.82) is 0 Å². The summed E-state index contributed by atoms with van der Waals surface area (Å²) in [5, 5.41) is 0. The lowest BCUT2D eigenvalue weighted by molar-refractivity contribution is -0.126. The van der Waals surface area contributed by atoms with Gasteiger partial charge in [-0.1, -0.05) is 219 Å². The second-order valence-corrected chi connectivity index (χ2v) is 22.1. The van der Waals surface area contributed by atoms with Crippen LogP contribution in [0.2, 0.25) is 0 Å². The fourth-order valence-corrected chi connectivity index (χ4v) is 9.35. The minimum atomic E-state index is 0.292. The summed E-state index contributed by atoms with van der Waals surface area (Å²) in [7, 11) is 19.2. The maximum Gasteiger partial charge on any atom is 0.222 e. The summed E-state index contributed by atoms with van der Waals surface area (Å²) in [5.41, 5.74) is 2.56. The molecule has 0 spiro atoms. The lowest BCUT2D eigenvalue weighted by atomic mass is 10.2. The van der Waals surface area contributed by atoms with Crippen LogP contribution in [0.25, 0.3) is 0 Å². The molecule has 0 bridgehead atoms. The van der Waals surface area contributed by atoms with Gasteiger partial charge in [-0.15, -0.1) is 0 Å². The van der Waals surface area contributed by atoms with Gasteiger partial charge in [0.25, 0.3) is 0 Å². The predicted octanol–water partition coefficient (Wildman–Crippen LogP) is 21.0. The molecule has 10 heteroatoms. The van der Waals surface area contributed by atoms with E-state index in [1.165, 1.54) is 231 Å². The zero-order chi connectivity index (χ0) is 70.2. The van der Waals surface area contributed by atoms with Crippen molar-refractivity contribution < 1.29 is 4.79 Å². The number of hydrogen-bond donors (Lipinski definition) is 0. The van der Waals surface area contributed by atoms with Gasteiger partial charge in [0.15, 0.2) is 0 Å². The Hall–Kier alpha value is -2.47. The molecule has 540 valence electrons. The molecule has 0 radical (unpaired) electrons. The number of carbonyl (C=O) groups excluding carboxylic acids is 1. The van der Waals surface area contributed by atoms with E-state index in [0.717, 1.165) is 45.3 Å². The molecule has 1 amide bonds. The molecule has 0 saturated carbocycles. The van der Waals surface area contributed by atoms with Crippen molar-refractivity contribution in [2.45, 2.75) is 292 Å². The first-order chi connectivity index (χ1) is 43.3. The molecule has 0 unspecified atom stereocenters. The van der Waals surface area contributed by atoms with Gasteiger partial charge in [-0.3, -0.25) is 4.79 Å². The van der Waals surface area contributed by atoms with E-state index in [1.54, 1.807) is 4.90 Å².